The van der Waals surface area contributed by atoms with E-state index >= 15 is 0 Å². The topological polar surface area (TPSA) is 28.2 Å². The zero-order valence-corrected chi connectivity index (χ0v) is 17.8. The van der Waals surface area contributed by atoms with Crippen molar-refractivity contribution in [2.24, 2.45) is 0 Å². The number of hydrogen-bond acceptors (Lipinski definition) is 2. The highest BCUT2D eigenvalue weighted by Gasteiger charge is 2.14. The fraction of sp³-hybridized carbons (Fsp3) is 0.250. The van der Waals surface area contributed by atoms with Crippen LogP contribution in [-0.2, 0) is 13.1 Å². The molecule has 3 nitrogen and oxygen atoms in total. The maximum absolute atomic E-state index is 5.83. The van der Waals surface area contributed by atoms with Crippen LogP contribution in [-0.4, -0.2) is 15.0 Å². The standard InChI is InChI=1S/C24H27N3S/c1-17-5-7-21(8-6-17)15-27(16-22-9-11-25-12-10-22)24(28)26-23-19(3)13-18(2)14-20(23)4/h5-14H,15-16H2,1-4H3,(H,26,28). The molecule has 144 valence electrons. The van der Waals surface area contributed by atoms with Gasteiger partial charge in [0, 0.05) is 31.2 Å². The summed E-state index contributed by atoms with van der Waals surface area (Å²) in [6.45, 7) is 9.95. The molecule has 2 aromatic carbocycles. The van der Waals surface area contributed by atoms with Gasteiger partial charge in [0.25, 0.3) is 0 Å². The van der Waals surface area contributed by atoms with Crippen molar-refractivity contribution < 1.29 is 0 Å². The lowest BCUT2D eigenvalue weighted by Gasteiger charge is -2.27. The first-order valence-electron chi connectivity index (χ1n) is 9.50. The van der Waals surface area contributed by atoms with Crippen LogP contribution in [0.1, 0.15) is 33.4 Å². The van der Waals surface area contributed by atoms with E-state index in [0.29, 0.717) is 0 Å². The van der Waals surface area contributed by atoms with Crippen LogP contribution in [0, 0.1) is 27.7 Å². The van der Waals surface area contributed by atoms with Crippen LogP contribution >= 0.6 is 12.2 Å². The molecule has 0 aliphatic rings. The van der Waals surface area contributed by atoms with E-state index in [-0.39, 0.29) is 0 Å². The fourth-order valence-electron chi connectivity index (χ4n) is 3.39. The van der Waals surface area contributed by atoms with Gasteiger partial charge in [-0.25, -0.2) is 0 Å². The zero-order chi connectivity index (χ0) is 20.1. The van der Waals surface area contributed by atoms with Gasteiger partial charge in [0.05, 0.1) is 0 Å². The molecular weight excluding hydrogens is 362 g/mol. The Kier molecular flexibility index (Phi) is 6.42. The Hall–Kier alpha value is -2.72. The lowest BCUT2D eigenvalue weighted by atomic mass is 10.1. The van der Waals surface area contributed by atoms with Gasteiger partial charge in [-0.1, -0.05) is 47.5 Å². The highest BCUT2D eigenvalue weighted by molar-refractivity contribution is 7.80. The molecule has 0 radical (unpaired) electrons. The molecule has 0 fully saturated rings. The van der Waals surface area contributed by atoms with Gasteiger partial charge in [0.2, 0.25) is 0 Å². The van der Waals surface area contributed by atoms with E-state index in [2.05, 4.69) is 79.3 Å². The van der Waals surface area contributed by atoms with Gasteiger partial charge in [0.15, 0.2) is 5.11 Å². The summed E-state index contributed by atoms with van der Waals surface area (Å²) >= 11 is 5.83. The van der Waals surface area contributed by atoms with Crippen LogP contribution in [0.5, 0.6) is 0 Å². The van der Waals surface area contributed by atoms with Crippen molar-refractivity contribution in [3.05, 3.63) is 94.3 Å². The highest BCUT2D eigenvalue weighted by atomic mass is 32.1. The average molecular weight is 390 g/mol. The molecule has 4 heteroatoms. The second-order valence-electron chi connectivity index (χ2n) is 7.40. The minimum atomic E-state index is 0.728. The van der Waals surface area contributed by atoms with Gasteiger partial charge in [-0.15, -0.1) is 0 Å². The normalized spacial score (nSPS) is 10.6. The summed E-state index contributed by atoms with van der Waals surface area (Å²) in [5.41, 5.74) is 8.46. The summed E-state index contributed by atoms with van der Waals surface area (Å²) < 4.78 is 0. The number of anilines is 1. The Balaban J connectivity index is 1.84. The smallest absolute Gasteiger partial charge is 0.174 e. The third-order valence-corrected chi connectivity index (χ3v) is 5.17. The predicted octanol–water partition coefficient (Wildman–Crippen LogP) is 5.71. The summed E-state index contributed by atoms with van der Waals surface area (Å²) in [5.74, 6) is 0. The number of aromatic nitrogens is 1. The largest absolute Gasteiger partial charge is 0.340 e. The number of thiocarbonyl (C=S) groups is 1. The fourth-order valence-corrected chi connectivity index (χ4v) is 3.62. The maximum atomic E-state index is 5.83. The Morgan fingerprint density at radius 1 is 0.821 bits per heavy atom. The summed E-state index contributed by atoms with van der Waals surface area (Å²) in [6, 6.07) is 17.1. The number of rotatable bonds is 5. The molecule has 28 heavy (non-hydrogen) atoms. The van der Waals surface area contributed by atoms with Gasteiger partial charge in [-0.2, -0.15) is 0 Å². The van der Waals surface area contributed by atoms with E-state index in [1.165, 1.54) is 33.4 Å². The Bertz CT molecular complexity index is 926. The SMILES string of the molecule is Cc1ccc(CN(Cc2ccncc2)C(=S)Nc2c(C)cc(C)cc2C)cc1. The van der Waals surface area contributed by atoms with Crippen LogP contribution in [0.3, 0.4) is 0 Å². The molecule has 0 bridgehead atoms. The number of pyridine rings is 1. The molecule has 0 atom stereocenters. The van der Waals surface area contributed by atoms with Crippen molar-refractivity contribution in [1.82, 2.24) is 9.88 Å². The first kappa shape index (κ1) is 20.0. The molecule has 0 saturated carbocycles. The van der Waals surface area contributed by atoms with E-state index in [1.807, 2.05) is 24.5 Å². The molecule has 3 rings (SSSR count). The van der Waals surface area contributed by atoms with Crippen LogP contribution in [0.25, 0.3) is 0 Å². The quantitative estimate of drug-likeness (QED) is 0.565. The van der Waals surface area contributed by atoms with Gasteiger partial charge in [0.1, 0.15) is 0 Å². The van der Waals surface area contributed by atoms with Crippen molar-refractivity contribution in [1.29, 1.82) is 0 Å². The minimum Gasteiger partial charge on any atom is -0.340 e. The third-order valence-electron chi connectivity index (χ3n) is 4.81. The first-order valence-corrected chi connectivity index (χ1v) is 9.91. The molecular formula is C24H27N3S. The van der Waals surface area contributed by atoms with Crippen molar-refractivity contribution in [2.75, 3.05) is 5.32 Å². The number of nitrogens with one attached hydrogen (secondary N) is 1. The molecule has 0 aliphatic heterocycles. The molecule has 1 heterocycles. The summed E-state index contributed by atoms with van der Waals surface area (Å²) in [4.78, 5) is 6.33. The lowest BCUT2D eigenvalue weighted by Crippen LogP contribution is -2.34. The van der Waals surface area contributed by atoms with Gasteiger partial charge >= 0.3 is 0 Å². The number of hydrogen-bond donors (Lipinski definition) is 1. The molecule has 3 aromatic rings. The molecule has 0 aliphatic carbocycles. The molecule has 0 saturated heterocycles. The average Bonchev–Trinajstić information content (AvgIpc) is 2.66. The van der Waals surface area contributed by atoms with Crippen LogP contribution in [0.4, 0.5) is 5.69 Å². The van der Waals surface area contributed by atoms with Crippen molar-refractivity contribution >= 4 is 23.0 Å². The molecule has 1 aromatic heterocycles. The number of benzene rings is 2. The zero-order valence-electron chi connectivity index (χ0n) is 17.0. The third kappa shape index (κ3) is 5.17. The van der Waals surface area contributed by atoms with Crippen molar-refractivity contribution in [3.63, 3.8) is 0 Å². The van der Waals surface area contributed by atoms with E-state index in [4.69, 9.17) is 12.2 Å². The Morgan fingerprint density at radius 2 is 1.36 bits per heavy atom. The summed E-state index contributed by atoms with van der Waals surface area (Å²) in [6.07, 6.45) is 3.65. The molecule has 0 unspecified atom stereocenters. The molecule has 0 amide bonds. The van der Waals surface area contributed by atoms with Gasteiger partial charge in [-0.3, -0.25) is 4.98 Å². The van der Waals surface area contributed by atoms with Crippen molar-refractivity contribution in [3.8, 4) is 0 Å². The second kappa shape index (κ2) is 8.98. The Morgan fingerprint density at radius 3 is 1.93 bits per heavy atom. The van der Waals surface area contributed by atoms with Gasteiger partial charge in [-0.05, 0) is 74.3 Å². The van der Waals surface area contributed by atoms with E-state index in [9.17, 15) is 0 Å². The van der Waals surface area contributed by atoms with Crippen LogP contribution < -0.4 is 5.32 Å². The lowest BCUT2D eigenvalue weighted by molar-refractivity contribution is 0.412. The monoisotopic (exact) mass is 389 g/mol. The van der Waals surface area contributed by atoms with Crippen LogP contribution in [0.2, 0.25) is 0 Å². The molecule has 1 N–H and O–H groups in total. The summed E-state index contributed by atoms with van der Waals surface area (Å²) in [5, 5.41) is 4.23. The second-order valence-corrected chi connectivity index (χ2v) is 7.79. The predicted molar refractivity (Wildman–Crippen MR) is 122 cm³/mol. The maximum Gasteiger partial charge on any atom is 0.174 e. The summed E-state index contributed by atoms with van der Waals surface area (Å²) in [7, 11) is 0. The Labute approximate surface area is 173 Å². The molecule has 0 spiro atoms. The van der Waals surface area contributed by atoms with Gasteiger partial charge < -0.3 is 10.2 Å². The minimum absolute atomic E-state index is 0.728. The number of nitrogens with zero attached hydrogens (tertiary/aromatic N) is 2. The highest BCUT2D eigenvalue weighted by Crippen LogP contribution is 2.23. The number of aryl methyl sites for hydroxylation is 4. The van der Waals surface area contributed by atoms with E-state index in [0.717, 1.165) is 23.9 Å². The van der Waals surface area contributed by atoms with Crippen LogP contribution in [0.15, 0.2) is 60.9 Å². The van der Waals surface area contributed by atoms with Crippen molar-refractivity contribution in [2.45, 2.75) is 40.8 Å². The first-order chi connectivity index (χ1) is 13.4. The van der Waals surface area contributed by atoms with E-state index in [1.54, 1.807) is 0 Å². The van der Waals surface area contributed by atoms with E-state index < -0.39 is 0 Å².